The molecule has 0 aliphatic carbocycles. The van der Waals surface area contributed by atoms with Gasteiger partial charge in [-0.2, -0.15) is 4.98 Å². The third-order valence-electron chi connectivity index (χ3n) is 3.73. The van der Waals surface area contributed by atoms with Crippen molar-refractivity contribution in [1.82, 2.24) is 20.8 Å². The normalized spacial score (nSPS) is 19.2. The molecule has 1 unspecified atom stereocenters. The van der Waals surface area contributed by atoms with Crippen molar-refractivity contribution in [2.75, 3.05) is 26.5 Å². The number of fused-ring (bicyclic) bond motifs is 1. The number of carbonyl (C=O) groups excluding carboxylic acids is 1. The maximum Gasteiger partial charge on any atom is 0.258 e. The molecule has 24 heavy (non-hydrogen) atoms. The molecule has 1 aromatic heterocycles. The second kappa shape index (κ2) is 6.46. The topological polar surface area (TPSA) is 108 Å². The minimum absolute atomic E-state index is 0.173. The van der Waals surface area contributed by atoms with E-state index in [1.165, 1.54) is 0 Å². The fourth-order valence-corrected chi connectivity index (χ4v) is 2.49. The van der Waals surface area contributed by atoms with Gasteiger partial charge in [-0.15, -0.1) is 0 Å². The van der Waals surface area contributed by atoms with E-state index in [4.69, 9.17) is 18.7 Å². The molecule has 4 rings (SSSR count). The number of aromatic nitrogens is 2. The van der Waals surface area contributed by atoms with Crippen molar-refractivity contribution >= 4 is 5.91 Å². The fraction of sp³-hybridized carbons (Fsp3) is 0.400. The molecule has 1 saturated heterocycles. The van der Waals surface area contributed by atoms with Gasteiger partial charge < -0.3 is 29.4 Å². The van der Waals surface area contributed by atoms with Crippen LogP contribution < -0.4 is 20.1 Å². The van der Waals surface area contributed by atoms with Gasteiger partial charge in [0.2, 0.25) is 6.79 Å². The first-order chi connectivity index (χ1) is 11.8. The second-order valence-corrected chi connectivity index (χ2v) is 5.37. The maximum absolute atomic E-state index is 12.0. The standard InChI is InChI=1S/C15H16N4O5/c20-14(12-6-16-3-4-21-12)17-7-13-18-15(24-19-13)9-1-2-10-11(5-9)23-8-22-10/h1-2,5,12,16H,3-4,6-8H2,(H,17,20). The first kappa shape index (κ1) is 14.9. The van der Waals surface area contributed by atoms with Gasteiger partial charge in [-0.3, -0.25) is 4.79 Å². The average molecular weight is 332 g/mol. The molecule has 0 bridgehead atoms. The van der Waals surface area contributed by atoms with Gasteiger partial charge in [0.15, 0.2) is 17.3 Å². The number of rotatable bonds is 4. The number of ether oxygens (including phenoxy) is 3. The lowest BCUT2D eigenvalue weighted by molar-refractivity contribution is -0.134. The number of nitrogens with zero attached hydrogens (tertiary/aromatic N) is 2. The molecule has 0 spiro atoms. The number of hydrogen-bond donors (Lipinski definition) is 2. The van der Waals surface area contributed by atoms with Crippen LogP contribution in [0.3, 0.4) is 0 Å². The SMILES string of the molecule is O=C(NCc1noc(-c2ccc3c(c2)OCO3)n1)C1CNCCO1. The van der Waals surface area contributed by atoms with E-state index < -0.39 is 6.10 Å². The van der Waals surface area contributed by atoms with E-state index in [2.05, 4.69) is 20.8 Å². The number of morpholine rings is 1. The van der Waals surface area contributed by atoms with Gasteiger partial charge >= 0.3 is 0 Å². The highest BCUT2D eigenvalue weighted by atomic mass is 16.7. The van der Waals surface area contributed by atoms with Crippen molar-refractivity contribution in [2.45, 2.75) is 12.6 Å². The number of benzene rings is 1. The predicted molar refractivity (Wildman–Crippen MR) is 80.3 cm³/mol. The van der Waals surface area contributed by atoms with Gasteiger partial charge in [-0.25, -0.2) is 0 Å². The Hall–Kier alpha value is -2.65. The van der Waals surface area contributed by atoms with Crippen molar-refractivity contribution in [2.24, 2.45) is 0 Å². The van der Waals surface area contributed by atoms with E-state index in [1.54, 1.807) is 12.1 Å². The molecular formula is C15H16N4O5. The molecule has 1 atom stereocenters. The maximum atomic E-state index is 12.0. The molecule has 9 heteroatoms. The van der Waals surface area contributed by atoms with E-state index in [9.17, 15) is 4.79 Å². The van der Waals surface area contributed by atoms with Crippen molar-refractivity contribution in [1.29, 1.82) is 0 Å². The summed E-state index contributed by atoms with van der Waals surface area (Å²) in [5, 5.41) is 9.72. The largest absolute Gasteiger partial charge is 0.454 e. The highest BCUT2D eigenvalue weighted by molar-refractivity contribution is 5.81. The lowest BCUT2D eigenvalue weighted by Crippen LogP contribution is -2.47. The molecule has 2 aliphatic rings. The molecule has 0 saturated carbocycles. The van der Waals surface area contributed by atoms with Crippen LogP contribution in [0.5, 0.6) is 11.5 Å². The minimum atomic E-state index is -0.487. The molecule has 9 nitrogen and oxygen atoms in total. The summed E-state index contributed by atoms with van der Waals surface area (Å²) < 4.78 is 21.2. The van der Waals surface area contributed by atoms with Crippen LogP contribution in [0.25, 0.3) is 11.5 Å². The molecule has 1 amide bonds. The molecule has 2 N–H and O–H groups in total. The third-order valence-corrected chi connectivity index (χ3v) is 3.73. The first-order valence-electron chi connectivity index (χ1n) is 7.62. The molecule has 3 heterocycles. The number of hydrogen-bond acceptors (Lipinski definition) is 8. The average Bonchev–Trinajstić information content (AvgIpc) is 3.29. The zero-order chi connectivity index (χ0) is 16.4. The Morgan fingerprint density at radius 2 is 2.25 bits per heavy atom. The number of nitrogens with one attached hydrogen (secondary N) is 2. The predicted octanol–water partition coefficient (Wildman–Crippen LogP) is 0.0699. The summed E-state index contributed by atoms with van der Waals surface area (Å²) in [5.41, 5.74) is 0.726. The summed E-state index contributed by atoms with van der Waals surface area (Å²) in [6.45, 7) is 2.16. The minimum Gasteiger partial charge on any atom is -0.454 e. The fourth-order valence-electron chi connectivity index (χ4n) is 2.49. The Morgan fingerprint density at radius 1 is 1.33 bits per heavy atom. The second-order valence-electron chi connectivity index (χ2n) is 5.37. The van der Waals surface area contributed by atoms with Crippen LogP contribution in [0.15, 0.2) is 22.7 Å². The number of carbonyl (C=O) groups is 1. The van der Waals surface area contributed by atoms with E-state index in [0.29, 0.717) is 36.4 Å². The third kappa shape index (κ3) is 3.03. The van der Waals surface area contributed by atoms with Crippen LogP contribution in [0.2, 0.25) is 0 Å². The van der Waals surface area contributed by atoms with Gasteiger partial charge in [-0.05, 0) is 18.2 Å². The number of amides is 1. The summed E-state index contributed by atoms with van der Waals surface area (Å²) in [5.74, 6) is 1.87. The van der Waals surface area contributed by atoms with Gasteiger partial charge in [0.1, 0.15) is 6.10 Å². The van der Waals surface area contributed by atoms with Crippen LogP contribution in [-0.2, 0) is 16.1 Å². The van der Waals surface area contributed by atoms with Gasteiger partial charge in [0.25, 0.3) is 11.8 Å². The van der Waals surface area contributed by atoms with Crippen LogP contribution >= 0.6 is 0 Å². The van der Waals surface area contributed by atoms with E-state index in [1.807, 2.05) is 6.07 Å². The van der Waals surface area contributed by atoms with Crippen molar-refractivity contribution in [3.63, 3.8) is 0 Å². The molecule has 1 fully saturated rings. The van der Waals surface area contributed by atoms with E-state index >= 15 is 0 Å². The Labute approximate surface area is 137 Å². The van der Waals surface area contributed by atoms with Crippen molar-refractivity contribution in [3.8, 4) is 23.0 Å². The van der Waals surface area contributed by atoms with Crippen LogP contribution in [0.1, 0.15) is 5.82 Å². The summed E-state index contributed by atoms with van der Waals surface area (Å²) in [4.78, 5) is 16.3. The molecule has 2 aromatic rings. The Morgan fingerprint density at radius 3 is 3.12 bits per heavy atom. The van der Waals surface area contributed by atoms with E-state index in [0.717, 1.165) is 12.1 Å². The highest BCUT2D eigenvalue weighted by Gasteiger charge is 2.22. The summed E-state index contributed by atoms with van der Waals surface area (Å²) in [7, 11) is 0. The van der Waals surface area contributed by atoms with Crippen LogP contribution in [0.4, 0.5) is 0 Å². The highest BCUT2D eigenvalue weighted by Crippen LogP contribution is 2.35. The van der Waals surface area contributed by atoms with Crippen molar-refractivity contribution < 1.29 is 23.5 Å². The summed E-state index contributed by atoms with van der Waals surface area (Å²) in [6.07, 6.45) is -0.487. The van der Waals surface area contributed by atoms with Gasteiger partial charge in [-0.1, -0.05) is 5.16 Å². The van der Waals surface area contributed by atoms with Crippen LogP contribution in [0, 0.1) is 0 Å². The zero-order valence-corrected chi connectivity index (χ0v) is 12.8. The van der Waals surface area contributed by atoms with Crippen LogP contribution in [-0.4, -0.2) is 48.6 Å². The Kier molecular flexibility index (Phi) is 4.01. The monoisotopic (exact) mass is 332 g/mol. The lowest BCUT2D eigenvalue weighted by atomic mass is 10.2. The smallest absolute Gasteiger partial charge is 0.258 e. The van der Waals surface area contributed by atoms with Gasteiger partial charge in [0, 0.05) is 18.7 Å². The summed E-state index contributed by atoms with van der Waals surface area (Å²) in [6, 6.07) is 5.38. The summed E-state index contributed by atoms with van der Waals surface area (Å²) >= 11 is 0. The molecule has 2 aliphatic heterocycles. The molecule has 1 aromatic carbocycles. The van der Waals surface area contributed by atoms with Gasteiger partial charge in [0.05, 0.1) is 13.2 Å². The molecule has 126 valence electrons. The quantitative estimate of drug-likeness (QED) is 0.810. The van der Waals surface area contributed by atoms with E-state index in [-0.39, 0.29) is 19.2 Å². The molecular weight excluding hydrogens is 316 g/mol. The first-order valence-corrected chi connectivity index (χ1v) is 7.62. The van der Waals surface area contributed by atoms with Crippen molar-refractivity contribution in [3.05, 3.63) is 24.0 Å². The lowest BCUT2D eigenvalue weighted by Gasteiger charge is -2.22. The zero-order valence-electron chi connectivity index (χ0n) is 12.8. The Balaban J connectivity index is 1.39. The molecule has 0 radical (unpaired) electrons. The Bertz CT molecular complexity index is 741.